The highest BCUT2D eigenvalue weighted by atomic mass is 16.5. The second-order valence-corrected chi connectivity index (χ2v) is 1.40. The van der Waals surface area contributed by atoms with E-state index in [0.29, 0.717) is 13.2 Å². The standard InChI is InChI=1S/C4H7NO2.C2H6/c6-4-3-5-1-2-7-4;1-2/h5H,1-3H2;1-2H3. The maximum atomic E-state index is 10.2. The minimum atomic E-state index is -0.147. The lowest BCUT2D eigenvalue weighted by Crippen LogP contribution is -2.34. The van der Waals surface area contributed by atoms with Crippen molar-refractivity contribution in [2.75, 3.05) is 19.7 Å². The fraction of sp³-hybridized carbons (Fsp3) is 0.833. The Morgan fingerprint density at radius 1 is 1.56 bits per heavy atom. The minimum Gasteiger partial charge on any atom is -0.463 e. The van der Waals surface area contributed by atoms with Crippen molar-refractivity contribution in [3.05, 3.63) is 0 Å². The van der Waals surface area contributed by atoms with Crippen LogP contribution in [0, 0.1) is 0 Å². The molecule has 0 radical (unpaired) electrons. The first-order chi connectivity index (χ1) is 4.39. The summed E-state index contributed by atoms with van der Waals surface area (Å²) in [6.07, 6.45) is 0. The van der Waals surface area contributed by atoms with Gasteiger partial charge in [0, 0.05) is 6.54 Å². The number of hydrogen-bond acceptors (Lipinski definition) is 3. The molecule has 1 rings (SSSR count). The molecule has 0 saturated carbocycles. The van der Waals surface area contributed by atoms with Gasteiger partial charge in [0.2, 0.25) is 0 Å². The molecular formula is C6H13NO2. The van der Waals surface area contributed by atoms with Crippen LogP contribution in [0.25, 0.3) is 0 Å². The van der Waals surface area contributed by atoms with Gasteiger partial charge in [-0.2, -0.15) is 0 Å². The van der Waals surface area contributed by atoms with Crippen molar-refractivity contribution in [3.8, 4) is 0 Å². The molecular weight excluding hydrogens is 118 g/mol. The maximum Gasteiger partial charge on any atom is 0.319 e. The van der Waals surface area contributed by atoms with E-state index in [-0.39, 0.29) is 5.97 Å². The third-order valence-corrected chi connectivity index (χ3v) is 0.811. The summed E-state index contributed by atoms with van der Waals surface area (Å²) in [6.45, 7) is 5.70. The summed E-state index contributed by atoms with van der Waals surface area (Å²) >= 11 is 0. The van der Waals surface area contributed by atoms with Gasteiger partial charge in [-0.25, -0.2) is 0 Å². The second-order valence-electron chi connectivity index (χ2n) is 1.40. The van der Waals surface area contributed by atoms with E-state index >= 15 is 0 Å². The zero-order valence-corrected chi connectivity index (χ0v) is 5.94. The summed E-state index contributed by atoms with van der Waals surface area (Å²) in [6, 6.07) is 0. The molecule has 0 bridgehead atoms. The highest BCUT2D eigenvalue weighted by molar-refractivity contribution is 5.72. The van der Waals surface area contributed by atoms with E-state index in [1.807, 2.05) is 13.8 Å². The van der Waals surface area contributed by atoms with Gasteiger partial charge in [0.25, 0.3) is 0 Å². The Labute approximate surface area is 55.4 Å². The quantitative estimate of drug-likeness (QED) is 0.476. The summed E-state index contributed by atoms with van der Waals surface area (Å²) in [7, 11) is 0. The van der Waals surface area contributed by atoms with E-state index < -0.39 is 0 Å². The minimum absolute atomic E-state index is 0.147. The topological polar surface area (TPSA) is 38.3 Å². The van der Waals surface area contributed by atoms with Crippen molar-refractivity contribution < 1.29 is 9.53 Å². The number of hydrogen-bond donors (Lipinski definition) is 1. The molecule has 3 nitrogen and oxygen atoms in total. The number of morpholine rings is 1. The normalized spacial score (nSPS) is 17.3. The van der Waals surface area contributed by atoms with Crippen LogP contribution in [0.1, 0.15) is 13.8 Å². The van der Waals surface area contributed by atoms with Gasteiger partial charge in [0.15, 0.2) is 0 Å². The predicted octanol–water partition coefficient (Wildman–Crippen LogP) is 0.159. The van der Waals surface area contributed by atoms with Gasteiger partial charge in [-0.05, 0) is 0 Å². The molecule has 0 amide bonds. The highest BCUT2D eigenvalue weighted by Crippen LogP contribution is 1.80. The first kappa shape index (κ1) is 8.43. The molecule has 1 aliphatic heterocycles. The Morgan fingerprint density at radius 3 is 2.44 bits per heavy atom. The van der Waals surface area contributed by atoms with Crippen molar-refractivity contribution in [1.82, 2.24) is 5.32 Å². The van der Waals surface area contributed by atoms with Crippen molar-refractivity contribution in [2.24, 2.45) is 0 Å². The van der Waals surface area contributed by atoms with Gasteiger partial charge in [0.1, 0.15) is 6.61 Å². The second kappa shape index (κ2) is 5.56. The summed E-state index contributed by atoms with van der Waals surface area (Å²) in [5.41, 5.74) is 0. The summed E-state index contributed by atoms with van der Waals surface area (Å²) in [4.78, 5) is 10.2. The first-order valence-corrected chi connectivity index (χ1v) is 3.26. The number of carbonyl (C=O) groups is 1. The Balaban J connectivity index is 0.000000291. The highest BCUT2D eigenvalue weighted by Gasteiger charge is 2.05. The van der Waals surface area contributed by atoms with Crippen LogP contribution >= 0.6 is 0 Å². The third kappa shape index (κ3) is 3.97. The van der Waals surface area contributed by atoms with Crippen molar-refractivity contribution >= 4 is 5.97 Å². The van der Waals surface area contributed by atoms with E-state index in [1.54, 1.807) is 0 Å². The van der Waals surface area contributed by atoms with Crippen molar-refractivity contribution in [3.63, 3.8) is 0 Å². The van der Waals surface area contributed by atoms with E-state index in [4.69, 9.17) is 0 Å². The molecule has 1 saturated heterocycles. The molecule has 9 heavy (non-hydrogen) atoms. The van der Waals surface area contributed by atoms with Crippen LogP contribution in [-0.4, -0.2) is 25.7 Å². The van der Waals surface area contributed by atoms with Crippen LogP contribution in [0.3, 0.4) is 0 Å². The van der Waals surface area contributed by atoms with E-state index in [1.165, 1.54) is 0 Å². The van der Waals surface area contributed by atoms with E-state index in [2.05, 4.69) is 10.1 Å². The summed E-state index contributed by atoms with van der Waals surface area (Å²) in [5, 5.41) is 2.86. The molecule has 0 aromatic rings. The average molecular weight is 131 g/mol. The van der Waals surface area contributed by atoms with Gasteiger partial charge in [-0.1, -0.05) is 13.8 Å². The molecule has 1 heterocycles. The number of carbonyl (C=O) groups excluding carboxylic acids is 1. The Hall–Kier alpha value is -0.570. The monoisotopic (exact) mass is 131 g/mol. The lowest BCUT2D eigenvalue weighted by Gasteiger charge is -2.10. The summed E-state index contributed by atoms with van der Waals surface area (Å²) in [5.74, 6) is -0.147. The van der Waals surface area contributed by atoms with Crippen LogP contribution < -0.4 is 5.32 Å². The molecule has 0 aromatic heterocycles. The lowest BCUT2D eigenvalue weighted by atomic mass is 10.5. The number of ether oxygens (including phenoxy) is 1. The number of esters is 1. The largest absolute Gasteiger partial charge is 0.463 e. The third-order valence-electron chi connectivity index (χ3n) is 0.811. The maximum absolute atomic E-state index is 10.2. The number of rotatable bonds is 0. The fourth-order valence-electron chi connectivity index (χ4n) is 0.479. The molecule has 3 heteroatoms. The van der Waals surface area contributed by atoms with Gasteiger partial charge in [-0.15, -0.1) is 0 Å². The van der Waals surface area contributed by atoms with Gasteiger partial charge in [-0.3, -0.25) is 4.79 Å². The number of nitrogens with one attached hydrogen (secondary N) is 1. The van der Waals surface area contributed by atoms with E-state index in [9.17, 15) is 4.79 Å². The van der Waals surface area contributed by atoms with Gasteiger partial charge >= 0.3 is 5.97 Å². The van der Waals surface area contributed by atoms with Crippen molar-refractivity contribution in [1.29, 1.82) is 0 Å². The van der Waals surface area contributed by atoms with Crippen molar-refractivity contribution in [2.45, 2.75) is 13.8 Å². The molecule has 0 atom stereocenters. The van der Waals surface area contributed by atoms with E-state index in [0.717, 1.165) is 6.54 Å². The molecule has 54 valence electrons. The molecule has 1 aliphatic rings. The number of cyclic esters (lactones) is 1. The Bertz CT molecular complexity index is 75.1. The van der Waals surface area contributed by atoms with Crippen LogP contribution in [0.5, 0.6) is 0 Å². The molecule has 0 aromatic carbocycles. The van der Waals surface area contributed by atoms with Gasteiger partial charge in [0.05, 0.1) is 6.54 Å². The molecule has 0 spiro atoms. The molecule has 0 unspecified atom stereocenters. The van der Waals surface area contributed by atoms with Crippen LogP contribution in [-0.2, 0) is 9.53 Å². The molecule has 0 aliphatic carbocycles. The molecule has 1 N–H and O–H groups in total. The SMILES string of the molecule is CC.O=C1CNCCO1. The van der Waals surface area contributed by atoms with Crippen LogP contribution in [0.4, 0.5) is 0 Å². The predicted molar refractivity (Wildman–Crippen MR) is 35.2 cm³/mol. The first-order valence-electron chi connectivity index (χ1n) is 3.26. The van der Waals surface area contributed by atoms with Crippen LogP contribution in [0.15, 0.2) is 0 Å². The Kier molecular flexibility index (Phi) is 5.21. The zero-order chi connectivity index (χ0) is 7.11. The van der Waals surface area contributed by atoms with Crippen LogP contribution in [0.2, 0.25) is 0 Å². The fourth-order valence-corrected chi connectivity index (χ4v) is 0.479. The lowest BCUT2D eigenvalue weighted by molar-refractivity contribution is -0.144. The zero-order valence-electron chi connectivity index (χ0n) is 5.94. The Morgan fingerprint density at radius 2 is 2.22 bits per heavy atom. The average Bonchev–Trinajstić information content (AvgIpc) is 1.94. The summed E-state index contributed by atoms with van der Waals surface area (Å²) < 4.78 is 4.58. The molecule has 1 fully saturated rings. The van der Waals surface area contributed by atoms with Gasteiger partial charge < -0.3 is 10.1 Å². The smallest absolute Gasteiger partial charge is 0.319 e.